The van der Waals surface area contributed by atoms with E-state index in [0.29, 0.717) is 13.1 Å². The quantitative estimate of drug-likeness (QED) is 0.630. The maximum atomic E-state index is 13.0. The van der Waals surface area contributed by atoms with Gasteiger partial charge in [-0.25, -0.2) is 0 Å². The van der Waals surface area contributed by atoms with Gasteiger partial charge in [0.25, 0.3) is 0 Å². The number of carbonyl (C=O) groups is 4. The number of carbonyl (C=O) groups excluding carboxylic acids is 4. The van der Waals surface area contributed by atoms with Crippen LogP contribution in [0.15, 0.2) is 60.7 Å². The van der Waals surface area contributed by atoms with Crippen LogP contribution in [-0.2, 0) is 41.7 Å². The Balaban J connectivity index is 1.75. The van der Waals surface area contributed by atoms with Crippen molar-refractivity contribution in [2.24, 2.45) is 0 Å². The van der Waals surface area contributed by atoms with Crippen molar-refractivity contribution in [2.75, 3.05) is 52.6 Å². The van der Waals surface area contributed by atoms with Crippen molar-refractivity contribution in [1.82, 2.24) is 20.4 Å². The first-order valence-electron chi connectivity index (χ1n) is 11.8. The third-order valence-electron chi connectivity index (χ3n) is 5.46. The molecule has 2 aromatic carbocycles. The van der Waals surface area contributed by atoms with Gasteiger partial charge in [-0.05, 0) is 11.1 Å². The van der Waals surface area contributed by atoms with E-state index in [1.54, 1.807) is 9.80 Å². The molecule has 0 aliphatic carbocycles. The first kappa shape index (κ1) is 26.8. The first-order chi connectivity index (χ1) is 17.5. The van der Waals surface area contributed by atoms with Crippen LogP contribution in [-0.4, -0.2) is 86.0 Å². The lowest BCUT2D eigenvalue weighted by Gasteiger charge is -2.28. The molecule has 1 saturated heterocycles. The molecule has 0 radical (unpaired) electrons. The summed E-state index contributed by atoms with van der Waals surface area (Å²) in [6.45, 7) is 0.474. The SMILES string of the molecule is O=C1COCC(=O)N(Cc2ccccc2)CCN(Cc2ccccc2)C(=O)COCC(=O)NCCN1. The zero-order valence-corrected chi connectivity index (χ0v) is 20.2. The molecule has 192 valence electrons. The van der Waals surface area contributed by atoms with E-state index in [1.165, 1.54) is 0 Å². The van der Waals surface area contributed by atoms with Gasteiger partial charge in [-0.15, -0.1) is 0 Å². The average molecular weight is 497 g/mol. The van der Waals surface area contributed by atoms with Gasteiger partial charge in [0.05, 0.1) is 0 Å². The summed E-state index contributed by atoms with van der Waals surface area (Å²) in [5.74, 6) is -1.35. The van der Waals surface area contributed by atoms with Crippen LogP contribution >= 0.6 is 0 Å². The summed E-state index contributed by atoms with van der Waals surface area (Å²) in [6.07, 6.45) is 0. The summed E-state index contributed by atoms with van der Waals surface area (Å²) in [5, 5.41) is 5.21. The fourth-order valence-electron chi connectivity index (χ4n) is 3.58. The van der Waals surface area contributed by atoms with Crippen LogP contribution < -0.4 is 10.6 Å². The second kappa shape index (κ2) is 14.6. The molecule has 1 heterocycles. The molecule has 0 atom stereocenters. The largest absolute Gasteiger partial charge is 0.362 e. The summed E-state index contributed by atoms with van der Waals surface area (Å²) in [5.41, 5.74) is 1.86. The Labute approximate surface area is 210 Å². The number of hydrogen-bond donors (Lipinski definition) is 2. The average Bonchev–Trinajstić information content (AvgIpc) is 2.88. The number of ether oxygens (including phenoxy) is 2. The van der Waals surface area contributed by atoms with Gasteiger partial charge in [0, 0.05) is 39.3 Å². The Hall–Kier alpha value is -3.76. The van der Waals surface area contributed by atoms with Crippen LogP contribution in [0.4, 0.5) is 0 Å². The summed E-state index contributed by atoms with van der Waals surface area (Å²) < 4.78 is 10.7. The standard InChI is InChI=1S/C26H32N4O6/c31-23-17-35-19-25(33)29(15-21-7-3-1-4-8-21)13-14-30(16-22-9-5-2-6-10-22)26(34)20-36-18-24(32)28-12-11-27-23/h1-10H,11-20H2,(H,27,31)(H,28,32). The highest BCUT2D eigenvalue weighted by atomic mass is 16.5. The lowest BCUT2D eigenvalue weighted by molar-refractivity contribution is -0.143. The van der Waals surface area contributed by atoms with Gasteiger partial charge in [-0.2, -0.15) is 0 Å². The molecular formula is C26H32N4O6. The number of nitrogens with one attached hydrogen (secondary N) is 2. The van der Waals surface area contributed by atoms with E-state index in [4.69, 9.17) is 9.47 Å². The van der Waals surface area contributed by atoms with Gasteiger partial charge in [0.1, 0.15) is 26.4 Å². The van der Waals surface area contributed by atoms with Gasteiger partial charge in [-0.1, -0.05) is 60.7 Å². The van der Waals surface area contributed by atoms with Gasteiger partial charge < -0.3 is 29.9 Å². The topological polar surface area (TPSA) is 117 Å². The van der Waals surface area contributed by atoms with Crippen LogP contribution in [0.5, 0.6) is 0 Å². The Morgan fingerprint density at radius 1 is 0.583 bits per heavy atom. The highest BCUT2D eigenvalue weighted by molar-refractivity contribution is 5.81. The number of hydrogen-bond acceptors (Lipinski definition) is 6. The van der Waals surface area contributed by atoms with E-state index in [1.807, 2.05) is 60.7 Å². The molecular weight excluding hydrogens is 464 g/mol. The molecule has 3 rings (SSSR count). The number of nitrogens with zero attached hydrogens (tertiary/aromatic N) is 2. The van der Waals surface area contributed by atoms with Crippen molar-refractivity contribution in [2.45, 2.75) is 13.1 Å². The van der Waals surface area contributed by atoms with E-state index in [9.17, 15) is 19.2 Å². The predicted molar refractivity (Wildman–Crippen MR) is 131 cm³/mol. The maximum absolute atomic E-state index is 13.0. The molecule has 4 amide bonds. The third-order valence-corrected chi connectivity index (χ3v) is 5.46. The molecule has 36 heavy (non-hydrogen) atoms. The van der Waals surface area contributed by atoms with Gasteiger partial charge in [0.2, 0.25) is 23.6 Å². The normalized spacial score (nSPS) is 17.7. The molecule has 0 aromatic heterocycles. The minimum atomic E-state index is -0.386. The van der Waals surface area contributed by atoms with Crippen molar-refractivity contribution in [3.63, 3.8) is 0 Å². The minimum Gasteiger partial charge on any atom is -0.362 e. The van der Waals surface area contributed by atoms with Gasteiger partial charge in [0.15, 0.2) is 0 Å². The second-order valence-corrected chi connectivity index (χ2v) is 8.29. The first-order valence-corrected chi connectivity index (χ1v) is 11.8. The Morgan fingerprint density at radius 2 is 0.972 bits per heavy atom. The van der Waals surface area contributed by atoms with Gasteiger partial charge >= 0.3 is 0 Å². The van der Waals surface area contributed by atoms with Crippen LogP contribution in [0.1, 0.15) is 11.1 Å². The van der Waals surface area contributed by atoms with E-state index in [2.05, 4.69) is 10.6 Å². The Morgan fingerprint density at radius 3 is 1.36 bits per heavy atom. The maximum Gasteiger partial charge on any atom is 0.248 e. The molecule has 1 fully saturated rings. The highest BCUT2D eigenvalue weighted by Gasteiger charge is 2.20. The molecule has 1 aliphatic heterocycles. The van der Waals surface area contributed by atoms with Crippen LogP contribution in [0.2, 0.25) is 0 Å². The molecule has 10 nitrogen and oxygen atoms in total. The lowest BCUT2D eigenvalue weighted by atomic mass is 10.2. The molecule has 2 aromatic rings. The van der Waals surface area contributed by atoms with Gasteiger partial charge in [-0.3, -0.25) is 19.2 Å². The zero-order chi connectivity index (χ0) is 25.6. The van der Waals surface area contributed by atoms with E-state index in [-0.39, 0.29) is 76.2 Å². The third kappa shape index (κ3) is 9.47. The van der Waals surface area contributed by atoms with E-state index < -0.39 is 0 Å². The highest BCUT2D eigenvalue weighted by Crippen LogP contribution is 2.09. The van der Waals surface area contributed by atoms with E-state index >= 15 is 0 Å². The number of benzene rings is 2. The van der Waals surface area contributed by atoms with Crippen molar-refractivity contribution in [1.29, 1.82) is 0 Å². The van der Waals surface area contributed by atoms with Crippen molar-refractivity contribution in [3.05, 3.63) is 71.8 Å². The summed E-state index contributed by atoms with van der Waals surface area (Å²) in [6, 6.07) is 19.0. The second-order valence-electron chi connectivity index (χ2n) is 8.29. The number of rotatable bonds is 4. The van der Waals surface area contributed by atoms with Crippen molar-refractivity contribution in [3.8, 4) is 0 Å². The molecule has 10 heteroatoms. The molecule has 0 saturated carbocycles. The summed E-state index contributed by atoms with van der Waals surface area (Å²) in [4.78, 5) is 53.1. The number of amides is 4. The summed E-state index contributed by atoms with van der Waals surface area (Å²) >= 11 is 0. The molecule has 1 aliphatic rings. The van der Waals surface area contributed by atoms with Crippen molar-refractivity contribution >= 4 is 23.6 Å². The fraction of sp³-hybridized carbons (Fsp3) is 0.385. The van der Waals surface area contributed by atoms with Crippen molar-refractivity contribution < 1.29 is 28.7 Å². The Kier molecular flexibility index (Phi) is 10.9. The molecule has 0 spiro atoms. The molecule has 0 unspecified atom stereocenters. The smallest absolute Gasteiger partial charge is 0.248 e. The predicted octanol–water partition coefficient (Wildman–Crippen LogP) is 0.323. The summed E-state index contributed by atoms with van der Waals surface area (Å²) in [7, 11) is 0. The van der Waals surface area contributed by atoms with Crippen LogP contribution in [0, 0.1) is 0 Å². The molecule has 2 N–H and O–H groups in total. The minimum absolute atomic E-state index is 0.200. The van der Waals surface area contributed by atoms with Crippen LogP contribution in [0.3, 0.4) is 0 Å². The van der Waals surface area contributed by atoms with E-state index in [0.717, 1.165) is 11.1 Å². The molecule has 0 bridgehead atoms. The van der Waals surface area contributed by atoms with Crippen LogP contribution in [0.25, 0.3) is 0 Å². The Bertz CT molecular complexity index is 921. The fourth-order valence-corrected chi connectivity index (χ4v) is 3.58. The monoisotopic (exact) mass is 496 g/mol. The lowest BCUT2D eigenvalue weighted by Crippen LogP contribution is -2.44. The zero-order valence-electron chi connectivity index (χ0n) is 20.2.